The maximum Gasteiger partial charge on any atom is 0.321 e. The van der Waals surface area contributed by atoms with E-state index in [9.17, 15) is 13.6 Å². The van der Waals surface area contributed by atoms with Gasteiger partial charge in [-0.2, -0.15) is 0 Å². The van der Waals surface area contributed by atoms with Crippen LogP contribution in [-0.2, 0) is 0 Å². The predicted octanol–water partition coefficient (Wildman–Crippen LogP) is 2.67. The molecule has 88 valence electrons. The molecule has 0 aliphatic heterocycles. The molecule has 1 rings (SSSR count). The monoisotopic (exact) mass is 248 g/mol. The van der Waals surface area contributed by atoms with Gasteiger partial charge in [-0.25, -0.2) is 13.6 Å². The number of nitrogens with one attached hydrogen (secondary N) is 1. The van der Waals surface area contributed by atoms with Gasteiger partial charge < -0.3 is 10.2 Å². The average Bonchev–Trinajstić information content (AvgIpc) is 2.22. The van der Waals surface area contributed by atoms with Crippen LogP contribution in [-0.4, -0.2) is 30.4 Å². The number of benzene rings is 1. The second kappa shape index (κ2) is 5.65. The Morgan fingerprint density at radius 3 is 2.75 bits per heavy atom. The van der Waals surface area contributed by atoms with E-state index in [1.54, 1.807) is 0 Å². The van der Waals surface area contributed by atoms with Gasteiger partial charge in [0.15, 0.2) is 0 Å². The zero-order valence-corrected chi connectivity index (χ0v) is 9.39. The van der Waals surface area contributed by atoms with Crippen molar-refractivity contribution in [2.24, 2.45) is 0 Å². The van der Waals surface area contributed by atoms with E-state index in [2.05, 4.69) is 5.32 Å². The van der Waals surface area contributed by atoms with Crippen molar-refractivity contribution in [1.29, 1.82) is 0 Å². The van der Waals surface area contributed by atoms with E-state index in [4.69, 9.17) is 11.6 Å². The van der Waals surface area contributed by atoms with Crippen LogP contribution in [0.1, 0.15) is 0 Å². The molecule has 0 spiro atoms. The summed E-state index contributed by atoms with van der Waals surface area (Å²) in [5, 5.41) is 2.31. The Bertz CT molecular complexity index is 387. The third-order valence-electron chi connectivity index (χ3n) is 1.94. The quantitative estimate of drug-likeness (QED) is 0.820. The number of urea groups is 1. The number of carbonyl (C=O) groups excluding carboxylic acids is 1. The Hall–Kier alpha value is -1.36. The Morgan fingerprint density at radius 1 is 1.50 bits per heavy atom. The fourth-order valence-corrected chi connectivity index (χ4v) is 1.28. The standard InChI is InChI=1S/C10H11ClF2N2O/c1-15(5-4-11)10(16)14-9-3-2-7(12)6-8(9)13/h2-3,6H,4-5H2,1H3,(H,14,16). The van der Waals surface area contributed by atoms with Crippen LogP contribution in [0.5, 0.6) is 0 Å². The molecular weight excluding hydrogens is 238 g/mol. The normalized spacial score (nSPS) is 10.0. The van der Waals surface area contributed by atoms with E-state index in [0.29, 0.717) is 12.6 Å². The van der Waals surface area contributed by atoms with Crippen LogP contribution in [0.4, 0.5) is 19.3 Å². The number of anilines is 1. The van der Waals surface area contributed by atoms with Crippen molar-refractivity contribution in [1.82, 2.24) is 4.90 Å². The summed E-state index contributed by atoms with van der Waals surface area (Å²) in [4.78, 5) is 12.7. The fourth-order valence-electron chi connectivity index (χ4n) is 1.03. The molecule has 16 heavy (non-hydrogen) atoms. The largest absolute Gasteiger partial charge is 0.326 e. The lowest BCUT2D eigenvalue weighted by atomic mass is 10.3. The van der Waals surface area contributed by atoms with Crippen molar-refractivity contribution in [2.45, 2.75) is 0 Å². The van der Waals surface area contributed by atoms with Crippen molar-refractivity contribution in [3.05, 3.63) is 29.8 Å². The molecule has 0 heterocycles. The van der Waals surface area contributed by atoms with E-state index in [1.165, 1.54) is 11.9 Å². The maximum atomic E-state index is 13.2. The van der Waals surface area contributed by atoms with E-state index in [-0.39, 0.29) is 11.6 Å². The van der Waals surface area contributed by atoms with Crippen LogP contribution in [0.15, 0.2) is 18.2 Å². The van der Waals surface area contributed by atoms with Gasteiger partial charge in [0.05, 0.1) is 5.69 Å². The van der Waals surface area contributed by atoms with Crippen LogP contribution < -0.4 is 5.32 Å². The summed E-state index contributed by atoms with van der Waals surface area (Å²) in [5.74, 6) is -1.22. The van der Waals surface area contributed by atoms with E-state index in [0.717, 1.165) is 12.1 Å². The number of amides is 2. The first kappa shape index (κ1) is 12.7. The molecule has 6 heteroatoms. The third-order valence-corrected chi connectivity index (χ3v) is 2.11. The highest BCUT2D eigenvalue weighted by molar-refractivity contribution is 6.18. The third kappa shape index (κ3) is 3.34. The Morgan fingerprint density at radius 2 is 2.19 bits per heavy atom. The number of hydrogen-bond donors (Lipinski definition) is 1. The van der Waals surface area contributed by atoms with Gasteiger partial charge in [-0.05, 0) is 12.1 Å². The molecule has 1 aromatic rings. The number of rotatable bonds is 3. The van der Waals surface area contributed by atoms with Gasteiger partial charge in [-0.15, -0.1) is 11.6 Å². The number of hydrogen-bond acceptors (Lipinski definition) is 1. The van der Waals surface area contributed by atoms with Crippen molar-refractivity contribution in [3.8, 4) is 0 Å². The van der Waals surface area contributed by atoms with Crippen molar-refractivity contribution >= 4 is 23.3 Å². The Kier molecular flexibility index (Phi) is 4.49. The summed E-state index contributed by atoms with van der Waals surface area (Å²) in [6.07, 6.45) is 0. The topological polar surface area (TPSA) is 32.3 Å². The predicted molar refractivity (Wildman–Crippen MR) is 58.7 cm³/mol. The van der Waals surface area contributed by atoms with E-state index in [1.807, 2.05) is 0 Å². The van der Waals surface area contributed by atoms with Crippen molar-refractivity contribution in [3.63, 3.8) is 0 Å². The minimum Gasteiger partial charge on any atom is -0.326 e. The molecular formula is C10H11ClF2N2O. The van der Waals surface area contributed by atoms with Gasteiger partial charge >= 0.3 is 6.03 Å². The summed E-state index contributed by atoms with van der Waals surface area (Å²) in [7, 11) is 1.53. The molecule has 0 aliphatic carbocycles. The minimum atomic E-state index is -0.812. The van der Waals surface area contributed by atoms with Gasteiger partial charge in [0.1, 0.15) is 11.6 Å². The molecule has 0 radical (unpaired) electrons. The van der Waals surface area contributed by atoms with Crippen LogP contribution in [0.25, 0.3) is 0 Å². The summed E-state index contributed by atoms with van der Waals surface area (Å²) in [5.41, 5.74) is -0.0622. The fraction of sp³-hybridized carbons (Fsp3) is 0.300. The molecule has 2 amide bonds. The highest BCUT2D eigenvalue weighted by Gasteiger charge is 2.11. The lowest BCUT2D eigenvalue weighted by molar-refractivity contribution is 0.225. The van der Waals surface area contributed by atoms with Gasteiger partial charge in [-0.1, -0.05) is 0 Å². The van der Waals surface area contributed by atoms with Crippen LogP contribution in [0.3, 0.4) is 0 Å². The first-order valence-corrected chi connectivity index (χ1v) is 5.11. The van der Waals surface area contributed by atoms with Crippen molar-refractivity contribution < 1.29 is 13.6 Å². The molecule has 0 aromatic heterocycles. The number of alkyl halides is 1. The van der Waals surface area contributed by atoms with Gasteiger partial charge in [-0.3, -0.25) is 0 Å². The summed E-state index contributed by atoms with van der Waals surface area (Å²) >= 11 is 5.45. The highest BCUT2D eigenvalue weighted by Crippen LogP contribution is 2.15. The van der Waals surface area contributed by atoms with E-state index < -0.39 is 17.7 Å². The molecule has 1 aromatic carbocycles. The number of nitrogens with zero attached hydrogens (tertiary/aromatic N) is 1. The van der Waals surface area contributed by atoms with Crippen LogP contribution in [0, 0.1) is 11.6 Å². The second-order valence-electron chi connectivity index (χ2n) is 3.16. The summed E-state index contributed by atoms with van der Waals surface area (Å²) in [6.45, 7) is 0.343. The smallest absolute Gasteiger partial charge is 0.321 e. The lowest BCUT2D eigenvalue weighted by Gasteiger charge is -2.16. The maximum absolute atomic E-state index is 13.2. The van der Waals surface area contributed by atoms with E-state index >= 15 is 0 Å². The molecule has 0 aliphatic rings. The minimum absolute atomic E-state index is 0.0622. The molecule has 0 unspecified atom stereocenters. The highest BCUT2D eigenvalue weighted by atomic mass is 35.5. The summed E-state index contributed by atoms with van der Waals surface area (Å²) < 4.78 is 25.7. The molecule has 1 N–H and O–H groups in total. The molecule has 0 atom stereocenters. The molecule has 0 saturated carbocycles. The zero-order chi connectivity index (χ0) is 12.1. The first-order chi connectivity index (χ1) is 7.54. The van der Waals surface area contributed by atoms with Gasteiger partial charge in [0.25, 0.3) is 0 Å². The Balaban J connectivity index is 2.69. The second-order valence-corrected chi connectivity index (χ2v) is 3.54. The lowest BCUT2D eigenvalue weighted by Crippen LogP contribution is -2.33. The van der Waals surface area contributed by atoms with Crippen LogP contribution in [0.2, 0.25) is 0 Å². The molecule has 0 fully saturated rings. The van der Waals surface area contributed by atoms with Crippen LogP contribution >= 0.6 is 11.6 Å². The van der Waals surface area contributed by atoms with Gasteiger partial charge in [0, 0.05) is 25.5 Å². The number of halogens is 3. The number of carbonyl (C=O) groups is 1. The van der Waals surface area contributed by atoms with Gasteiger partial charge in [0.2, 0.25) is 0 Å². The molecule has 3 nitrogen and oxygen atoms in total. The van der Waals surface area contributed by atoms with Crippen molar-refractivity contribution in [2.75, 3.05) is 24.8 Å². The molecule has 0 bridgehead atoms. The first-order valence-electron chi connectivity index (χ1n) is 4.57. The SMILES string of the molecule is CN(CCCl)C(=O)Nc1ccc(F)cc1F. The zero-order valence-electron chi connectivity index (χ0n) is 8.64. The average molecular weight is 249 g/mol. The molecule has 0 saturated heterocycles. The Labute approximate surface area is 97.0 Å². The summed E-state index contributed by atoms with van der Waals surface area (Å²) in [6, 6.07) is 2.44.